The highest BCUT2D eigenvalue weighted by Gasteiger charge is 2.35. The molecule has 1 aromatic carbocycles. The molecular formula is C21H35BrIN5. The van der Waals surface area contributed by atoms with Gasteiger partial charge in [0.25, 0.3) is 0 Å². The number of benzene rings is 1. The summed E-state index contributed by atoms with van der Waals surface area (Å²) < 4.78 is 1.14. The second kappa shape index (κ2) is 11.1. The average molecular weight is 564 g/mol. The minimum Gasteiger partial charge on any atom is -0.356 e. The molecule has 1 unspecified atom stereocenters. The third kappa shape index (κ3) is 6.06. The number of rotatable bonds is 5. The molecule has 1 aromatic rings. The number of likely N-dealkylation sites (N-methyl/N-ethyl adjacent to an activating group) is 2. The quantitative estimate of drug-likeness (QED) is 0.328. The zero-order valence-electron chi connectivity index (χ0n) is 17.4. The zero-order chi connectivity index (χ0) is 19.3. The Morgan fingerprint density at radius 2 is 1.82 bits per heavy atom. The highest BCUT2D eigenvalue weighted by Crippen LogP contribution is 2.40. The van der Waals surface area contributed by atoms with E-state index in [1.54, 1.807) is 0 Å². The third-order valence-corrected chi connectivity index (χ3v) is 6.85. The maximum absolute atomic E-state index is 4.47. The summed E-state index contributed by atoms with van der Waals surface area (Å²) in [6.45, 7) is 5.24. The van der Waals surface area contributed by atoms with Gasteiger partial charge < -0.3 is 15.5 Å². The molecule has 5 nitrogen and oxygen atoms in total. The molecule has 1 aliphatic heterocycles. The summed E-state index contributed by atoms with van der Waals surface area (Å²) in [4.78, 5) is 9.32. The van der Waals surface area contributed by atoms with Crippen LogP contribution in [0.2, 0.25) is 0 Å². The van der Waals surface area contributed by atoms with Crippen LogP contribution < -0.4 is 10.6 Å². The Hall–Kier alpha value is -0.380. The Labute approximate surface area is 195 Å². The molecule has 7 heteroatoms. The van der Waals surface area contributed by atoms with Gasteiger partial charge in [-0.1, -0.05) is 40.9 Å². The molecular weight excluding hydrogens is 529 g/mol. The lowest BCUT2D eigenvalue weighted by Crippen LogP contribution is -2.56. The van der Waals surface area contributed by atoms with Gasteiger partial charge in [-0.3, -0.25) is 9.89 Å². The Morgan fingerprint density at radius 3 is 2.46 bits per heavy atom. The van der Waals surface area contributed by atoms with Gasteiger partial charge in [0.1, 0.15) is 0 Å². The first-order valence-corrected chi connectivity index (χ1v) is 10.9. The highest BCUT2D eigenvalue weighted by atomic mass is 127. The second-order valence-corrected chi connectivity index (χ2v) is 9.11. The van der Waals surface area contributed by atoms with E-state index < -0.39 is 0 Å². The molecule has 2 fully saturated rings. The van der Waals surface area contributed by atoms with Crippen molar-refractivity contribution in [3.05, 3.63) is 34.3 Å². The largest absolute Gasteiger partial charge is 0.356 e. The van der Waals surface area contributed by atoms with E-state index in [1.807, 2.05) is 7.05 Å². The van der Waals surface area contributed by atoms with Gasteiger partial charge in [0.15, 0.2) is 5.96 Å². The van der Waals surface area contributed by atoms with Crippen LogP contribution in [0.5, 0.6) is 0 Å². The normalized spacial score (nSPS) is 23.3. The monoisotopic (exact) mass is 563 g/mol. The van der Waals surface area contributed by atoms with E-state index in [2.05, 4.69) is 79.7 Å². The van der Waals surface area contributed by atoms with Crippen molar-refractivity contribution in [2.24, 2.45) is 4.99 Å². The van der Waals surface area contributed by atoms with Crippen molar-refractivity contribution in [2.75, 3.05) is 53.9 Å². The number of nitrogens with one attached hydrogen (secondary N) is 2. The smallest absolute Gasteiger partial charge is 0.191 e. The summed E-state index contributed by atoms with van der Waals surface area (Å²) in [7, 11) is 6.29. The molecule has 28 heavy (non-hydrogen) atoms. The fraction of sp³-hybridized carbons (Fsp3) is 0.667. The van der Waals surface area contributed by atoms with Crippen LogP contribution in [0.15, 0.2) is 33.7 Å². The maximum atomic E-state index is 4.47. The van der Waals surface area contributed by atoms with E-state index in [0.29, 0.717) is 6.04 Å². The average Bonchev–Trinajstić information content (AvgIpc) is 3.15. The van der Waals surface area contributed by atoms with E-state index in [0.717, 1.165) is 43.2 Å². The molecule has 0 radical (unpaired) electrons. The predicted molar refractivity (Wildman–Crippen MR) is 133 cm³/mol. The summed E-state index contributed by atoms with van der Waals surface area (Å²) in [5.74, 6) is 0.917. The summed E-state index contributed by atoms with van der Waals surface area (Å²) >= 11 is 3.56. The van der Waals surface area contributed by atoms with Crippen molar-refractivity contribution >= 4 is 45.9 Å². The number of nitrogens with zero attached hydrogens (tertiary/aromatic N) is 3. The van der Waals surface area contributed by atoms with E-state index >= 15 is 0 Å². The first-order chi connectivity index (χ1) is 13.0. The van der Waals surface area contributed by atoms with Crippen molar-refractivity contribution in [3.8, 4) is 0 Å². The SMILES string of the molecule is CN=C(NCC1CN(C)CCN1C)NCC1(c2ccc(Br)cc2)CCCC1.I. The van der Waals surface area contributed by atoms with Gasteiger partial charge in [0, 0.05) is 55.7 Å². The summed E-state index contributed by atoms with van der Waals surface area (Å²) in [5, 5.41) is 7.18. The lowest BCUT2D eigenvalue weighted by atomic mass is 9.79. The van der Waals surface area contributed by atoms with Crippen molar-refractivity contribution in [2.45, 2.75) is 37.1 Å². The molecule has 0 bridgehead atoms. The molecule has 1 heterocycles. The van der Waals surface area contributed by atoms with Gasteiger partial charge in [0.2, 0.25) is 0 Å². The lowest BCUT2D eigenvalue weighted by molar-refractivity contribution is 0.116. The summed E-state index contributed by atoms with van der Waals surface area (Å²) in [6, 6.07) is 9.41. The van der Waals surface area contributed by atoms with Crippen LogP contribution in [0.1, 0.15) is 31.2 Å². The Morgan fingerprint density at radius 1 is 1.14 bits per heavy atom. The Bertz CT molecular complexity index is 630. The van der Waals surface area contributed by atoms with E-state index in [4.69, 9.17) is 0 Å². The van der Waals surface area contributed by atoms with E-state index in [-0.39, 0.29) is 29.4 Å². The summed E-state index contributed by atoms with van der Waals surface area (Å²) in [5.41, 5.74) is 1.67. The lowest BCUT2D eigenvalue weighted by Gasteiger charge is -2.38. The number of guanidine groups is 1. The van der Waals surface area contributed by atoms with Gasteiger partial charge in [-0.15, -0.1) is 24.0 Å². The molecule has 3 rings (SSSR count). The minimum absolute atomic E-state index is 0. The number of hydrogen-bond donors (Lipinski definition) is 2. The topological polar surface area (TPSA) is 42.9 Å². The standard InChI is InChI=1S/C21H34BrN5.HI/c1-23-20(24-14-19-15-26(2)12-13-27(19)3)25-16-21(10-4-5-11-21)17-6-8-18(22)9-7-17;/h6-9,19H,4-5,10-16H2,1-3H3,(H2,23,24,25);1H. The van der Waals surface area contributed by atoms with Crippen LogP contribution in [-0.4, -0.2) is 75.7 Å². The van der Waals surface area contributed by atoms with Gasteiger partial charge in [0.05, 0.1) is 0 Å². The van der Waals surface area contributed by atoms with Crippen molar-refractivity contribution in [1.82, 2.24) is 20.4 Å². The molecule has 1 atom stereocenters. The first-order valence-electron chi connectivity index (χ1n) is 10.1. The number of aliphatic imine (C=N–C) groups is 1. The molecule has 0 aromatic heterocycles. The van der Waals surface area contributed by atoms with E-state index in [1.165, 1.54) is 31.2 Å². The molecule has 0 spiro atoms. The fourth-order valence-corrected chi connectivity index (χ4v) is 4.70. The number of piperazine rings is 1. The third-order valence-electron chi connectivity index (χ3n) is 6.32. The van der Waals surface area contributed by atoms with Crippen LogP contribution in [0.4, 0.5) is 0 Å². The minimum atomic E-state index is 0. The number of halogens is 2. The Balaban J connectivity index is 0.00000280. The second-order valence-electron chi connectivity index (χ2n) is 8.20. The van der Waals surface area contributed by atoms with Crippen LogP contribution in [0.25, 0.3) is 0 Å². The molecule has 0 amide bonds. The van der Waals surface area contributed by atoms with Crippen molar-refractivity contribution in [1.29, 1.82) is 0 Å². The zero-order valence-corrected chi connectivity index (χ0v) is 21.3. The predicted octanol–water partition coefficient (Wildman–Crippen LogP) is 3.29. The van der Waals surface area contributed by atoms with Gasteiger partial charge >= 0.3 is 0 Å². The van der Waals surface area contributed by atoms with Crippen LogP contribution in [0.3, 0.4) is 0 Å². The van der Waals surface area contributed by atoms with Crippen LogP contribution in [-0.2, 0) is 5.41 Å². The fourth-order valence-electron chi connectivity index (χ4n) is 4.43. The van der Waals surface area contributed by atoms with Crippen LogP contribution in [0, 0.1) is 0 Å². The van der Waals surface area contributed by atoms with Crippen molar-refractivity contribution < 1.29 is 0 Å². The molecule has 1 aliphatic carbocycles. The molecule has 2 aliphatic rings. The molecule has 2 N–H and O–H groups in total. The molecule has 158 valence electrons. The van der Waals surface area contributed by atoms with Gasteiger partial charge in [-0.2, -0.15) is 0 Å². The number of hydrogen-bond acceptors (Lipinski definition) is 3. The Kier molecular flexibility index (Phi) is 9.50. The maximum Gasteiger partial charge on any atom is 0.191 e. The van der Waals surface area contributed by atoms with Crippen LogP contribution >= 0.6 is 39.9 Å². The van der Waals surface area contributed by atoms with Crippen molar-refractivity contribution in [3.63, 3.8) is 0 Å². The first kappa shape index (κ1) is 23.9. The van der Waals surface area contributed by atoms with Gasteiger partial charge in [-0.05, 0) is 44.6 Å². The highest BCUT2D eigenvalue weighted by molar-refractivity contribution is 14.0. The summed E-state index contributed by atoms with van der Waals surface area (Å²) in [6.07, 6.45) is 5.11. The molecule has 1 saturated heterocycles. The van der Waals surface area contributed by atoms with E-state index in [9.17, 15) is 0 Å². The molecule has 1 saturated carbocycles. The van der Waals surface area contributed by atoms with Gasteiger partial charge in [-0.25, -0.2) is 0 Å².